The van der Waals surface area contributed by atoms with E-state index in [1.807, 2.05) is 6.07 Å². The van der Waals surface area contributed by atoms with Gasteiger partial charge in [-0.15, -0.1) is 0 Å². The minimum atomic E-state index is 0.600. The van der Waals surface area contributed by atoms with Crippen molar-refractivity contribution in [2.24, 2.45) is 0 Å². The maximum absolute atomic E-state index is 5.47. The lowest BCUT2D eigenvalue weighted by atomic mass is 10.4. The van der Waals surface area contributed by atoms with E-state index >= 15 is 0 Å². The highest BCUT2D eigenvalue weighted by molar-refractivity contribution is 7.22. The van der Waals surface area contributed by atoms with Crippen LogP contribution in [0.2, 0.25) is 0 Å². The smallest absolute Gasteiger partial charge is 0.181 e. The zero-order valence-corrected chi connectivity index (χ0v) is 5.93. The summed E-state index contributed by atoms with van der Waals surface area (Å²) in [5, 5.41) is 0.600. The molecule has 0 aliphatic heterocycles. The number of hydrogen-bond acceptors (Lipinski definition) is 4. The first-order chi connectivity index (χ1) is 4.86. The van der Waals surface area contributed by atoms with Gasteiger partial charge in [0, 0.05) is 12.4 Å². The highest BCUT2D eigenvalue weighted by Gasteiger charge is 1.97. The van der Waals surface area contributed by atoms with Gasteiger partial charge in [-0.25, -0.2) is 4.98 Å². The number of aromatic nitrogens is 2. The van der Waals surface area contributed by atoms with Crippen molar-refractivity contribution in [2.45, 2.75) is 0 Å². The van der Waals surface area contributed by atoms with Gasteiger partial charge in [0.05, 0.1) is 10.2 Å². The number of nitrogen functional groups attached to an aromatic ring is 1. The lowest BCUT2D eigenvalue weighted by Crippen LogP contribution is -1.78. The second kappa shape index (κ2) is 1.91. The zero-order chi connectivity index (χ0) is 6.97. The van der Waals surface area contributed by atoms with E-state index in [9.17, 15) is 0 Å². The summed E-state index contributed by atoms with van der Waals surface area (Å²) < 4.78 is 1.04. The Morgan fingerprint density at radius 1 is 1.50 bits per heavy atom. The van der Waals surface area contributed by atoms with Gasteiger partial charge in [0.15, 0.2) is 5.13 Å². The van der Waals surface area contributed by atoms with Crippen molar-refractivity contribution in [2.75, 3.05) is 5.73 Å². The fourth-order valence-electron chi connectivity index (χ4n) is 0.798. The van der Waals surface area contributed by atoms with Crippen LogP contribution in [-0.4, -0.2) is 9.97 Å². The van der Waals surface area contributed by atoms with Crippen molar-refractivity contribution in [1.29, 1.82) is 0 Å². The van der Waals surface area contributed by atoms with Gasteiger partial charge < -0.3 is 5.73 Å². The summed E-state index contributed by atoms with van der Waals surface area (Å²) in [4.78, 5) is 8.01. The molecule has 0 aromatic carbocycles. The van der Waals surface area contributed by atoms with Crippen LogP contribution in [0.15, 0.2) is 18.5 Å². The van der Waals surface area contributed by atoms with Crippen molar-refractivity contribution in [3.63, 3.8) is 0 Å². The third-order valence-electron chi connectivity index (χ3n) is 1.21. The molecule has 0 aliphatic carbocycles. The van der Waals surface area contributed by atoms with Gasteiger partial charge in [-0.2, -0.15) is 0 Å². The average Bonchev–Trinajstić information content (AvgIpc) is 2.27. The van der Waals surface area contributed by atoms with Crippen LogP contribution >= 0.6 is 11.3 Å². The number of hydrogen-bond donors (Lipinski definition) is 1. The van der Waals surface area contributed by atoms with E-state index in [4.69, 9.17) is 5.73 Å². The summed E-state index contributed by atoms with van der Waals surface area (Å²) in [7, 11) is 0. The molecule has 2 N–H and O–H groups in total. The lowest BCUT2D eigenvalue weighted by molar-refractivity contribution is 1.36. The van der Waals surface area contributed by atoms with E-state index in [0.717, 1.165) is 10.2 Å². The van der Waals surface area contributed by atoms with E-state index in [-0.39, 0.29) is 0 Å². The van der Waals surface area contributed by atoms with Gasteiger partial charge in [0.2, 0.25) is 0 Å². The van der Waals surface area contributed by atoms with Crippen LogP contribution in [0.1, 0.15) is 0 Å². The van der Waals surface area contributed by atoms with E-state index in [1.165, 1.54) is 11.3 Å². The standard InChI is InChI=1S/C6H5N3S/c7-6-9-4-1-2-8-3-5(4)10-6/h1-3H,(H2,7,9). The van der Waals surface area contributed by atoms with Crippen LogP contribution in [0.5, 0.6) is 0 Å². The molecular weight excluding hydrogens is 146 g/mol. The largest absolute Gasteiger partial charge is 0.375 e. The molecule has 2 rings (SSSR count). The summed E-state index contributed by atoms with van der Waals surface area (Å²) in [6.07, 6.45) is 3.48. The zero-order valence-electron chi connectivity index (χ0n) is 5.11. The van der Waals surface area contributed by atoms with E-state index < -0.39 is 0 Å². The Bertz CT molecular complexity index is 322. The summed E-state index contributed by atoms with van der Waals surface area (Å²) >= 11 is 1.46. The van der Waals surface area contributed by atoms with Gasteiger partial charge in [-0.3, -0.25) is 4.98 Å². The molecule has 0 aliphatic rings. The maximum Gasteiger partial charge on any atom is 0.181 e. The monoisotopic (exact) mass is 151 g/mol. The number of anilines is 1. The summed E-state index contributed by atoms with van der Waals surface area (Å²) in [6.45, 7) is 0. The molecule has 10 heavy (non-hydrogen) atoms. The van der Waals surface area contributed by atoms with Gasteiger partial charge in [0.25, 0.3) is 0 Å². The van der Waals surface area contributed by atoms with Crippen molar-refractivity contribution in [3.05, 3.63) is 18.5 Å². The van der Waals surface area contributed by atoms with Crippen LogP contribution in [0, 0.1) is 0 Å². The average molecular weight is 151 g/mol. The number of thiazole rings is 1. The molecule has 3 nitrogen and oxygen atoms in total. The van der Waals surface area contributed by atoms with Gasteiger partial charge in [-0.05, 0) is 6.07 Å². The number of fused-ring (bicyclic) bond motifs is 1. The summed E-state index contributed by atoms with van der Waals surface area (Å²) in [5.74, 6) is 0. The second-order valence-electron chi connectivity index (χ2n) is 1.90. The normalized spacial score (nSPS) is 10.4. The molecule has 2 aromatic rings. The van der Waals surface area contributed by atoms with Crippen molar-refractivity contribution in [1.82, 2.24) is 9.97 Å². The Hall–Kier alpha value is -1.16. The fourth-order valence-corrected chi connectivity index (χ4v) is 1.50. The number of pyridine rings is 1. The molecule has 4 heteroatoms. The summed E-state index contributed by atoms with van der Waals surface area (Å²) in [6, 6.07) is 1.85. The highest BCUT2D eigenvalue weighted by atomic mass is 32.1. The van der Waals surface area contributed by atoms with E-state index in [1.54, 1.807) is 12.4 Å². The van der Waals surface area contributed by atoms with Crippen LogP contribution in [0.4, 0.5) is 5.13 Å². The first-order valence-corrected chi connectivity index (χ1v) is 3.64. The van der Waals surface area contributed by atoms with E-state index in [0.29, 0.717) is 5.13 Å². The Balaban J connectivity index is 2.88. The number of rotatable bonds is 0. The van der Waals surface area contributed by atoms with Crippen molar-refractivity contribution in [3.8, 4) is 0 Å². The maximum atomic E-state index is 5.47. The molecule has 2 heterocycles. The van der Waals surface area contributed by atoms with Crippen molar-refractivity contribution >= 4 is 26.7 Å². The Morgan fingerprint density at radius 3 is 3.20 bits per heavy atom. The Kier molecular flexibility index (Phi) is 1.07. The third kappa shape index (κ3) is 0.733. The fraction of sp³-hybridized carbons (Fsp3) is 0. The molecular formula is C6H5N3S. The number of nitrogens with two attached hydrogens (primary N) is 1. The molecule has 0 bridgehead atoms. The highest BCUT2D eigenvalue weighted by Crippen LogP contribution is 2.21. The molecule has 0 saturated heterocycles. The molecule has 0 spiro atoms. The van der Waals surface area contributed by atoms with Crippen LogP contribution < -0.4 is 5.73 Å². The molecule has 0 fully saturated rings. The van der Waals surface area contributed by atoms with Gasteiger partial charge >= 0.3 is 0 Å². The topological polar surface area (TPSA) is 51.8 Å². The first kappa shape index (κ1) is 5.61. The molecule has 50 valence electrons. The van der Waals surface area contributed by atoms with E-state index in [2.05, 4.69) is 9.97 Å². The van der Waals surface area contributed by atoms with Gasteiger partial charge in [-0.1, -0.05) is 11.3 Å². The van der Waals surface area contributed by atoms with Crippen molar-refractivity contribution < 1.29 is 0 Å². The molecule has 0 atom stereocenters. The Morgan fingerprint density at radius 2 is 2.40 bits per heavy atom. The molecule has 0 unspecified atom stereocenters. The molecule has 0 saturated carbocycles. The molecule has 0 amide bonds. The predicted octanol–water partition coefficient (Wildman–Crippen LogP) is 1.27. The van der Waals surface area contributed by atoms with Crippen LogP contribution in [0.25, 0.3) is 10.2 Å². The number of nitrogens with zero attached hydrogens (tertiary/aromatic N) is 2. The lowest BCUT2D eigenvalue weighted by Gasteiger charge is -1.79. The third-order valence-corrected chi connectivity index (χ3v) is 2.04. The van der Waals surface area contributed by atoms with Crippen LogP contribution in [0.3, 0.4) is 0 Å². The van der Waals surface area contributed by atoms with Gasteiger partial charge in [0.1, 0.15) is 0 Å². The SMILES string of the molecule is Nc1nc2ccncc2s1. The minimum Gasteiger partial charge on any atom is -0.375 e. The molecule has 2 aromatic heterocycles. The molecule has 0 radical (unpaired) electrons. The Labute approximate surface area is 61.5 Å². The first-order valence-electron chi connectivity index (χ1n) is 2.82. The minimum absolute atomic E-state index is 0.600. The summed E-state index contributed by atoms with van der Waals surface area (Å²) in [5.41, 5.74) is 6.40. The quantitative estimate of drug-likeness (QED) is 0.617. The van der Waals surface area contributed by atoms with Crippen LogP contribution in [-0.2, 0) is 0 Å². The second-order valence-corrected chi connectivity index (χ2v) is 2.96. The predicted molar refractivity (Wildman–Crippen MR) is 41.8 cm³/mol.